The van der Waals surface area contributed by atoms with Crippen molar-refractivity contribution in [3.8, 4) is 17.1 Å². The van der Waals surface area contributed by atoms with Gasteiger partial charge in [-0.05, 0) is 72.7 Å². The number of fused-ring (bicyclic) bond motifs is 1. The zero-order valence-electron chi connectivity index (χ0n) is 22.9. The van der Waals surface area contributed by atoms with Crippen LogP contribution in [0.5, 0.6) is 5.75 Å². The number of hydrogen-bond acceptors (Lipinski definition) is 9. The molecule has 3 aromatic carbocycles. The number of benzene rings is 3. The topological polar surface area (TPSA) is 147 Å². The minimum Gasteiger partial charge on any atom is -0.494 e. The Morgan fingerprint density at radius 1 is 1.07 bits per heavy atom. The number of rotatable bonds is 10. The summed E-state index contributed by atoms with van der Waals surface area (Å²) in [6.07, 6.45) is 3.15. The van der Waals surface area contributed by atoms with E-state index in [2.05, 4.69) is 20.3 Å². The molecule has 6 rings (SSSR count). The zero-order chi connectivity index (χ0) is 29.2. The molecule has 1 fully saturated rings. The van der Waals surface area contributed by atoms with Gasteiger partial charge in [0.15, 0.2) is 5.82 Å². The summed E-state index contributed by atoms with van der Waals surface area (Å²) in [5.74, 6) is 0.478. The fourth-order valence-corrected chi connectivity index (χ4v) is 5.26. The summed E-state index contributed by atoms with van der Waals surface area (Å²) in [5, 5.41) is 22.5. The Balaban J connectivity index is 1.28. The van der Waals surface area contributed by atoms with Crippen LogP contribution in [0.2, 0.25) is 0 Å². The molecular formula is C31H31FN6O4. The van der Waals surface area contributed by atoms with Crippen molar-refractivity contribution in [1.82, 2.24) is 15.0 Å². The fraction of sp³-hybridized carbons (Fsp3) is 0.290. The number of nitrogen functional groups attached to an aromatic ring is 1. The lowest BCUT2D eigenvalue weighted by molar-refractivity contribution is 0.0976. The molecule has 0 radical (unpaired) electrons. The molecule has 1 aliphatic heterocycles. The van der Waals surface area contributed by atoms with Crippen LogP contribution in [-0.2, 0) is 13.0 Å². The van der Waals surface area contributed by atoms with E-state index in [9.17, 15) is 9.90 Å². The average molecular weight is 571 g/mol. The van der Waals surface area contributed by atoms with E-state index in [1.54, 1.807) is 42.5 Å². The number of halogens is 1. The van der Waals surface area contributed by atoms with E-state index in [0.29, 0.717) is 60.2 Å². The number of amides is 1. The molecule has 1 saturated carbocycles. The second-order valence-corrected chi connectivity index (χ2v) is 10.4. The molecule has 0 unspecified atom stereocenters. The first-order valence-corrected chi connectivity index (χ1v) is 13.9. The maximum Gasteiger partial charge on any atom is 0.261 e. The number of carbonyl (C=O) groups excluding carboxylic acids is 1. The summed E-state index contributed by atoms with van der Waals surface area (Å²) in [5.41, 5.74) is 9.85. The van der Waals surface area contributed by atoms with Crippen molar-refractivity contribution < 1.29 is 24.1 Å². The molecule has 0 bridgehead atoms. The van der Waals surface area contributed by atoms with Crippen molar-refractivity contribution >= 4 is 29.2 Å². The molecule has 216 valence electrons. The Hall–Kier alpha value is -4.61. The first kappa shape index (κ1) is 27.6. The predicted octanol–water partition coefficient (Wildman–Crippen LogP) is 4.34. The summed E-state index contributed by atoms with van der Waals surface area (Å²) in [4.78, 5) is 28.1. The van der Waals surface area contributed by atoms with Gasteiger partial charge in [-0.25, -0.2) is 4.39 Å². The number of ether oxygens (including phenoxy) is 1. The van der Waals surface area contributed by atoms with Crippen LogP contribution in [-0.4, -0.2) is 50.8 Å². The van der Waals surface area contributed by atoms with Gasteiger partial charge in [-0.2, -0.15) is 15.0 Å². The third kappa shape index (κ3) is 5.61. The van der Waals surface area contributed by atoms with Gasteiger partial charge >= 0.3 is 0 Å². The zero-order valence-corrected chi connectivity index (χ0v) is 22.9. The highest BCUT2D eigenvalue weighted by Gasteiger charge is 2.33. The van der Waals surface area contributed by atoms with Gasteiger partial charge in [0.05, 0.1) is 24.5 Å². The van der Waals surface area contributed by atoms with Crippen molar-refractivity contribution in [1.29, 1.82) is 0 Å². The highest BCUT2D eigenvalue weighted by molar-refractivity contribution is 6.09. The van der Waals surface area contributed by atoms with Crippen molar-refractivity contribution in [2.75, 3.05) is 35.7 Å². The minimum absolute atomic E-state index is 0.0303. The van der Waals surface area contributed by atoms with Gasteiger partial charge < -0.3 is 30.9 Å². The Bertz CT molecular complexity index is 1630. The summed E-state index contributed by atoms with van der Waals surface area (Å²) in [6, 6.07) is 15.8. The standard InChI is InChI=1S/C31H31FN6O4/c32-25-16-20(18-5-6-18)15-19-11-12-38(29(41)27(19)25)26-4-1-3-23(24(26)17-40)28-35-30(33)37-31(36-28)34-21-7-9-22(10-8-21)42-14-2-13-39/h1,3-4,7-10,15-16,18,39-40H,2,5-6,11-14,17H2,(H3,33,34,35,36,37). The quantitative estimate of drug-likeness (QED) is 0.205. The maximum absolute atomic E-state index is 15.2. The molecule has 4 aromatic rings. The van der Waals surface area contributed by atoms with Crippen molar-refractivity contribution in [3.05, 3.63) is 82.7 Å². The monoisotopic (exact) mass is 570 g/mol. The number of carbonyl (C=O) groups is 1. The molecule has 1 aromatic heterocycles. The number of aliphatic hydroxyl groups excluding tert-OH is 2. The van der Waals surface area contributed by atoms with E-state index in [1.165, 1.54) is 11.0 Å². The van der Waals surface area contributed by atoms with Crippen LogP contribution in [0.25, 0.3) is 11.4 Å². The summed E-state index contributed by atoms with van der Waals surface area (Å²) >= 11 is 0. The molecule has 0 saturated heterocycles. The van der Waals surface area contributed by atoms with Gasteiger partial charge in [-0.1, -0.05) is 18.2 Å². The van der Waals surface area contributed by atoms with Gasteiger partial charge in [0.2, 0.25) is 11.9 Å². The Morgan fingerprint density at radius 2 is 1.88 bits per heavy atom. The van der Waals surface area contributed by atoms with Gasteiger partial charge in [-0.3, -0.25) is 4.79 Å². The maximum atomic E-state index is 15.2. The normalized spacial score (nSPS) is 14.5. The molecule has 2 aliphatic rings. The van der Waals surface area contributed by atoms with E-state index in [0.717, 1.165) is 24.0 Å². The van der Waals surface area contributed by atoms with E-state index in [-0.39, 0.29) is 29.9 Å². The number of hydrogen-bond donors (Lipinski definition) is 4. The lowest BCUT2D eigenvalue weighted by Gasteiger charge is -2.31. The second-order valence-electron chi connectivity index (χ2n) is 10.4. The van der Waals surface area contributed by atoms with E-state index in [4.69, 9.17) is 15.6 Å². The summed E-state index contributed by atoms with van der Waals surface area (Å²) in [7, 11) is 0. The molecule has 11 heteroatoms. The lowest BCUT2D eigenvalue weighted by Crippen LogP contribution is -2.39. The number of nitrogens with two attached hydrogens (primary N) is 1. The highest BCUT2D eigenvalue weighted by atomic mass is 19.1. The van der Waals surface area contributed by atoms with Crippen LogP contribution in [0.15, 0.2) is 54.6 Å². The molecule has 1 amide bonds. The number of nitrogens with zero attached hydrogens (tertiary/aromatic N) is 4. The van der Waals surface area contributed by atoms with E-state index < -0.39 is 18.3 Å². The number of aliphatic hydroxyl groups is 2. The second kappa shape index (κ2) is 11.7. The molecule has 10 nitrogen and oxygen atoms in total. The SMILES string of the molecule is Nc1nc(Nc2ccc(OCCCO)cc2)nc(-c2cccc(N3CCc4cc(C5CC5)cc(F)c4C3=O)c2CO)n1. The first-order chi connectivity index (χ1) is 20.4. The van der Waals surface area contributed by atoms with Crippen LogP contribution in [0.1, 0.15) is 52.2 Å². The first-order valence-electron chi connectivity index (χ1n) is 13.9. The van der Waals surface area contributed by atoms with Crippen molar-refractivity contribution in [2.24, 2.45) is 0 Å². The van der Waals surface area contributed by atoms with Crippen molar-refractivity contribution in [3.63, 3.8) is 0 Å². The Morgan fingerprint density at radius 3 is 2.62 bits per heavy atom. The average Bonchev–Trinajstić information content (AvgIpc) is 3.83. The summed E-state index contributed by atoms with van der Waals surface area (Å²) < 4.78 is 20.7. The molecule has 0 atom stereocenters. The van der Waals surface area contributed by atoms with E-state index in [1.807, 2.05) is 6.07 Å². The van der Waals surface area contributed by atoms with Gasteiger partial charge in [0, 0.05) is 36.4 Å². The lowest BCUT2D eigenvalue weighted by atomic mass is 9.93. The van der Waals surface area contributed by atoms with Crippen LogP contribution in [0.3, 0.4) is 0 Å². The van der Waals surface area contributed by atoms with E-state index >= 15 is 4.39 Å². The van der Waals surface area contributed by atoms with Gasteiger partial charge in [-0.15, -0.1) is 0 Å². The Kier molecular flexibility index (Phi) is 7.68. The van der Waals surface area contributed by atoms with Gasteiger partial charge in [0.1, 0.15) is 11.6 Å². The summed E-state index contributed by atoms with van der Waals surface area (Å²) in [6.45, 7) is 0.416. The van der Waals surface area contributed by atoms with Crippen LogP contribution in [0, 0.1) is 5.82 Å². The highest BCUT2D eigenvalue weighted by Crippen LogP contribution is 2.42. The molecule has 5 N–H and O–H groups in total. The van der Waals surface area contributed by atoms with Crippen LogP contribution < -0.4 is 20.7 Å². The molecular weight excluding hydrogens is 539 g/mol. The molecule has 1 aliphatic carbocycles. The largest absolute Gasteiger partial charge is 0.494 e. The predicted molar refractivity (Wildman–Crippen MR) is 156 cm³/mol. The third-order valence-corrected chi connectivity index (χ3v) is 7.48. The number of nitrogens with one attached hydrogen (secondary N) is 1. The smallest absolute Gasteiger partial charge is 0.261 e. The minimum atomic E-state index is -0.503. The molecule has 0 spiro atoms. The Labute approximate surface area is 242 Å². The molecule has 2 heterocycles. The van der Waals surface area contributed by atoms with Crippen LogP contribution >= 0.6 is 0 Å². The molecule has 42 heavy (non-hydrogen) atoms. The third-order valence-electron chi connectivity index (χ3n) is 7.48. The fourth-order valence-electron chi connectivity index (χ4n) is 5.26. The van der Waals surface area contributed by atoms with Gasteiger partial charge in [0.25, 0.3) is 5.91 Å². The number of anilines is 4. The van der Waals surface area contributed by atoms with Crippen LogP contribution in [0.4, 0.5) is 27.7 Å². The number of aromatic nitrogens is 3. The van der Waals surface area contributed by atoms with Crippen molar-refractivity contribution in [2.45, 2.75) is 38.2 Å².